The Morgan fingerprint density at radius 1 is 1.57 bits per heavy atom. The van der Waals surface area contributed by atoms with E-state index in [0.717, 1.165) is 12.2 Å². The molecule has 1 aromatic rings. The van der Waals surface area contributed by atoms with Gasteiger partial charge in [-0.05, 0) is 31.9 Å². The molecular weight excluding hydrogens is 198 g/mol. The second-order valence-corrected chi connectivity index (χ2v) is 3.93. The molecule has 0 radical (unpaired) electrons. The van der Waals surface area contributed by atoms with Crippen LogP contribution in [0.5, 0.6) is 0 Å². The van der Waals surface area contributed by atoms with Crippen molar-refractivity contribution in [3.63, 3.8) is 0 Å². The highest BCUT2D eigenvalue weighted by molar-refractivity contribution is 7.03. The van der Waals surface area contributed by atoms with Crippen LogP contribution in [-0.4, -0.2) is 28.8 Å². The first kappa shape index (κ1) is 11.6. The molecule has 5 heteroatoms. The van der Waals surface area contributed by atoms with Crippen LogP contribution in [-0.2, 0) is 4.74 Å². The molecule has 0 aliphatic heterocycles. The number of rotatable bonds is 6. The van der Waals surface area contributed by atoms with E-state index in [4.69, 9.17) is 4.74 Å². The third-order valence-electron chi connectivity index (χ3n) is 1.78. The van der Waals surface area contributed by atoms with Crippen molar-refractivity contribution in [2.75, 3.05) is 13.2 Å². The van der Waals surface area contributed by atoms with Crippen LogP contribution in [0.2, 0.25) is 0 Å². The summed E-state index contributed by atoms with van der Waals surface area (Å²) < 4.78 is 9.40. The van der Waals surface area contributed by atoms with Crippen LogP contribution < -0.4 is 5.32 Å². The van der Waals surface area contributed by atoms with Crippen molar-refractivity contribution in [1.82, 2.24) is 14.9 Å². The summed E-state index contributed by atoms with van der Waals surface area (Å²) in [6.07, 6.45) is 0.253. The number of nitrogens with zero attached hydrogens (tertiary/aromatic N) is 2. The molecule has 0 saturated carbocycles. The van der Waals surface area contributed by atoms with Gasteiger partial charge in [-0.15, -0.1) is 5.10 Å². The number of aromatic nitrogens is 2. The minimum Gasteiger partial charge on any atom is -0.377 e. The van der Waals surface area contributed by atoms with Gasteiger partial charge in [0, 0.05) is 5.38 Å². The van der Waals surface area contributed by atoms with Gasteiger partial charge >= 0.3 is 0 Å². The highest BCUT2D eigenvalue weighted by Crippen LogP contribution is 2.12. The van der Waals surface area contributed by atoms with Gasteiger partial charge in [-0.2, -0.15) is 0 Å². The lowest BCUT2D eigenvalue weighted by Gasteiger charge is -2.16. The first-order chi connectivity index (χ1) is 6.74. The van der Waals surface area contributed by atoms with E-state index in [1.807, 2.05) is 19.2 Å². The predicted molar refractivity (Wildman–Crippen MR) is 57.4 cm³/mol. The summed E-state index contributed by atoms with van der Waals surface area (Å²) in [5.74, 6) is 0. The Hall–Kier alpha value is -0.520. The maximum Gasteiger partial charge on any atom is 0.0948 e. The van der Waals surface area contributed by atoms with Crippen LogP contribution in [0.3, 0.4) is 0 Å². The molecule has 1 rings (SSSR count). The van der Waals surface area contributed by atoms with E-state index in [1.54, 1.807) is 0 Å². The van der Waals surface area contributed by atoms with Gasteiger partial charge in [0.2, 0.25) is 0 Å². The highest BCUT2D eigenvalue weighted by atomic mass is 32.1. The maximum atomic E-state index is 5.55. The SMILES string of the molecule is CCNC(COC(C)C)c1csnn1. The van der Waals surface area contributed by atoms with Crippen LogP contribution in [0.15, 0.2) is 5.38 Å². The molecule has 1 atom stereocenters. The average Bonchev–Trinajstić information content (AvgIpc) is 2.64. The fourth-order valence-corrected chi connectivity index (χ4v) is 1.62. The van der Waals surface area contributed by atoms with Crippen LogP contribution in [0.1, 0.15) is 32.5 Å². The van der Waals surface area contributed by atoms with E-state index in [-0.39, 0.29) is 12.1 Å². The Balaban J connectivity index is 2.47. The predicted octanol–water partition coefficient (Wildman–Crippen LogP) is 1.61. The molecule has 1 heterocycles. The van der Waals surface area contributed by atoms with Crippen molar-refractivity contribution >= 4 is 11.5 Å². The summed E-state index contributed by atoms with van der Waals surface area (Å²) in [5.41, 5.74) is 0.970. The second-order valence-electron chi connectivity index (χ2n) is 3.32. The van der Waals surface area contributed by atoms with E-state index in [9.17, 15) is 0 Å². The van der Waals surface area contributed by atoms with Crippen molar-refractivity contribution in [2.24, 2.45) is 0 Å². The Morgan fingerprint density at radius 2 is 2.36 bits per heavy atom. The number of likely N-dealkylation sites (N-methyl/N-ethyl adjacent to an activating group) is 1. The Kier molecular flexibility index (Phi) is 5.00. The van der Waals surface area contributed by atoms with Gasteiger partial charge in [-0.25, -0.2) is 0 Å². The number of nitrogens with one attached hydrogen (secondary N) is 1. The molecule has 1 unspecified atom stereocenters. The molecule has 4 nitrogen and oxygen atoms in total. The van der Waals surface area contributed by atoms with E-state index in [1.165, 1.54) is 11.5 Å². The lowest BCUT2D eigenvalue weighted by molar-refractivity contribution is 0.0606. The van der Waals surface area contributed by atoms with E-state index in [2.05, 4.69) is 21.8 Å². The van der Waals surface area contributed by atoms with Crippen LogP contribution >= 0.6 is 11.5 Å². The van der Waals surface area contributed by atoms with Gasteiger partial charge in [0.05, 0.1) is 24.4 Å². The first-order valence-electron chi connectivity index (χ1n) is 4.86. The minimum atomic E-state index is 0.168. The van der Waals surface area contributed by atoms with E-state index in [0.29, 0.717) is 6.61 Å². The van der Waals surface area contributed by atoms with Gasteiger partial charge in [0.1, 0.15) is 0 Å². The monoisotopic (exact) mass is 215 g/mol. The Labute approximate surface area is 88.8 Å². The van der Waals surface area contributed by atoms with Gasteiger partial charge < -0.3 is 10.1 Å². The number of hydrogen-bond donors (Lipinski definition) is 1. The molecule has 1 N–H and O–H groups in total. The van der Waals surface area contributed by atoms with E-state index >= 15 is 0 Å². The lowest BCUT2D eigenvalue weighted by Crippen LogP contribution is -2.26. The Morgan fingerprint density at radius 3 is 2.86 bits per heavy atom. The van der Waals surface area contributed by atoms with Crippen LogP contribution in [0, 0.1) is 0 Å². The first-order valence-corrected chi connectivity index (χ1v) is 5.69. The molecule has 0 aliphatic carbocycles. The van der Waals surface area contributed by atoms with Crippen molar-refractivity contribution < 1.29 is 4.74 Å². The zero-order valence-corrected chi connectivity index (χ0v) is 9.67. The summed E-state index contributed by atoms with van der Waals surface area (Å²) >= 11 is 1.37. The maximum absolute atomic E-state index is 5.55. The summed E-state index contributed by atoms with van der Waals surface area (Å²) in [7, 11) is 0. The van der Waals surface area contributed by atoms with Gasteiger partial charge in [0.15, 0.2) is 0 Å². The molecule has 1 aromatic heterocycles. The molecule has 0 aliphatic rings. The molecule has 0 fully saturated rings. The van der Waals surface area contributed by atoms with Crippen LogP contribution in [0.25, 0.3) is 0 Å². The average molecular weight is 215 g/mol. The summed E-state index contributed by atoms with van der Waals surface area (Å²) in [6.45, 7) is 7.69. The largest absolute Gasteiger partial charge is 0.377 e. The standard InChI is InChI=1S/C9H17N3OS/c1-4-10-8(5-13-7(2)3)9-6-14-12-11-9/h6-8,10H,4-5H2,1-3H3. The van der Waals surface area contributed by atoms with Crippen molar-refractivity contribution in [1.29, 1.82) is 0 Å². The van der Waals surface area contributed by atoms with Gasteiger partial charge in [-0.1, -0.05) is 11.4 Å². The van der Waals surface area contributed by atoms with Crippen molar-refractivity contribution in [2.45, 2.75) is 32.9 Å². The summed E-state index contributed by atoms with van der Waals surface area (Å²) in [6, 6.07) is 0.168. The zero-order valence-electron chi connectivity index (χ0n) is 8.86. The zero-order chi connectivity index (χ0) is 10.4. The van der Waals surface area contributed by atoms with Crippen LogP contribution in [0.4, 0.5) is 0 Å². The highest BCUT2D eigenvalue weighted by Gasteiger charge is 2.13. The van der Waals surface area contributed by atoms with Crippen molar-refractivity contribution in [3.8, 4) is 0 Å². The van der Waals surface area contributed by atoms with Gasteiger partial charge in [-0.3, -0.25) is 0 Å². The molecule has 0 saturated heterocycles. The molecule has 0 aromatic carbocycles. The summed E-state index contributed by atoms with van der Waals surface area (Å²) in [4.78, 5) is 0. The smallest absolute Gasteiger partial charge is 0.0948 e. The molecule has 80 valence electrons. The quantitative estimate of drug-likeness (QED) is 0.783. The number of ether oxygens (including phenoxy) is 1. The topological polar surface area (TPSA) is 47.0 Å². The molecule has 14 heavy (non-hydrogen) atoms. The van der Waals surface area contributed by atoms with Gasteiger partial charge in [0.25, 0.3) is 0 Å². The third-order valence-corrected chi connectivity index (χ3v) is 2.30. The van der Waals surface area contributed by atoms with E-state index < -0.39 is 0 Å². The minimum absolute atomic E-state index is 0.168. The second kappa shape index (κ2) is 6.06. The fraction of sp³-hybridized carbons (Fsp3) is 0.778. The molecule has 0 amide bonds. The molecule has 0 bridgehead atoms. The third kappa shape index (κ3) is 3.69. The number of hydrogen-bond acceptors (Lipinski definition) is 5. The Bertz CT molecular complexity index is 238. The van der Waals surface area contributed by atoms with Crippen molar-refractivity contribution in [3.05, 3.63) is 11.1 Å². The normalized spacial score (nSPS) is 13.4. The molecular formula is C9H17N3OS. The summed E-state index contributed by atoms with van der Waals surface area (Å²) in [5, 5.41) is 9.31. The lowest BCUT2D eigenvalue weighted by atomic mass is 10.2. The molecule has 0 spiro atoms. The fourth-order valence-electron chi connectivity index (χ4n) is 1.11.